The molecule has 2 aliphatic heterocycles. The van der Waals surface area contributed by atoms with Crippen molar-refractivity contribution in [3.05, 3.63) is 0 Å². The van der Waals surface area contributed by atoms with Gasteiger partial charge in [-0.25, -0.2) is 0 Å². The van der Waals surface area contributed by atoms with Crippen molar-refractivity contribution in [3.8, 4) is 0 Å². The van der Waals surface area contributed by atoms with E-state index < -0.39 is 0 Å². The van der Waals surface area contributed by atoms with Crippen LogP contribution in [0.4, 0.5) is 0 Å². The number of ether oxygens (including phenoxy) is 1. The van der Waals surface area contributed by atoms with Crippen molar-refractivity contribution < 1.29 is 9.53 Å². The minimum Gasteiger partial charge on any atom is -0.373 e. The van der Waals surface area contributed by atoms with Crippen LogP contribution in [0.2, 0.25) is 0 Å². The lowest BCUT2D eigenvalue weighted by atomic mass is 9.87. The van der Waals surface area contributed by atoms with Crippen LogP contribution < -0.4 is 10.6 Å². The molecule has 3 atom stereocenters. The summed E-state index contributed by atoms with van der Waals surface area (Å²) in [6.45, 7) is 5.70. The lowest BCUT2D eigenvalue weighted by molar-refractivity contribution is -0.123. The van der Waals surface area contributed by atoms with Crippen molar-refractivity contribution in [1.29, 1.82) is 0 Å². The van der Waals surface area contributed by atoms with Crippen LogP contribution in [-0.2, 0) is 9.53 Å². The molecule has 0 aromatic carbocycles. The van der Waals surface area contributed by atoms with E-state index in [0.29, 0.717) is 18.6 Å². The number of rotatable bonds is 6. The van der Waals surface area contributed by atoms with Gasteiger partial charge in [0.1, 0.15) is 0 Å². The van der Waals surface area contributed by atoms with E-state index >= 15 is 0 Å². The Kier molecular flexibility index (Phi) is 4.37. The van der Waals surface area contributed by atoms with Gasteiger partial charge in [-0.15, -0.1) is 0 Å². The molecule has 2 saturated heterocycles. The molecule has 130 valence electrons. The maximum absolute atomic E-state index is 11.9. The zero-order valence-corrected chi connectivity index (χ0v) is 14.4. The highest BCUT2D eigenvalue weighted by Gasteiger charge is 2.45. The number of piperidine rings is 1. The van der Waals surface area contributed by atoms with Gasteiger partial charge in [0, 0.05) is 31.2 Å². The summed E-state index contributed by atoms with van der Waals surface area (Å²) >= 11 is 0. The monoisotopic (exact) mass is 321 g/mol. The SMILES string of the molecule is CC[C@@H]1C[C@H]1NC1COC2(CCN(CC(=O)NC3CC3)CC2)C1. The van der Waals surface area contributed by atoms with Crippen LogP contribution in [0, 0.1) is 5.92 Å². The second-order valence-electron chi connectivity index (χ2n) is 8.19. The summed E-state index contributed by atoms with van der Waals surface area (Å²) in [6.07, 6.45) is 8.28. The highest BCUT2D eigenvalue weighted by molar-refractivity contribution is 5.78. The number of hydrogen-bond donors (Lipinski definition) is 2. The average Bonchev–Trinajstić information content (AvgIpc) is 3.44. The van der Waals surface area contributed by atoms with Crippen LogP contribution in [-0.4, -0.2) is 60.8 Å². The Hall–Kier alpha value is -0.650. The fourth-order valence-corrected chi connectivity index (χ4v) is 4.33. The van der Waals surface area contributed by atoms with Gasteiger partial charge in [0.05, 0.1) is 18.8 Å². The molecule has 0 aromatic heterocycles. The minimum atomic E-state index is 0.0811. The summed E-state index contributed by atoms with van der Waals surface area (Å²) in [5.74, 6) is 1.10. The van der Waals surface area contributed by atoms with E-state index in [1.165, 1.54) is 12.8 Å². The smallest absolute Gasteiger partial charge is 0.234 e. The third-order valence-electron chi connectivity index (χ3n) is 6.18. The highest BCUT2D eigenvalue weighted by Crippen LogP contribution is 2.39. The second kappa shape index (κ2) is 6.34. The fourth-order valence-electron chi connectivity index (χ4n) is 4.33. The van der Waals surface area contributed by atoms with Gasteiger partial charge in [0.25, 0.3) is 0 Å². The molecule has 2 N–H and O–H groups in total. The maximum atomic E-state index is 11.9. The molecular formula is C18H31N3O2. The standard InChI is InChI=1S/C18H31N3O2/c1-2-13-9-16(13)19-15-10-18(23-12-15)5-7-21(8-6-18)11-17(22)20-14-3-4-14/h13-16,19H,2-12H2,1H3,(H,20,22)/t13-,15?,16-/m1/s1. The molecule has 4 aliphatic rings. The Morgan fingerprint density at radius 3 is 2.70 bits per heavy atom. The first kappa shape index (κ1) is 15.9. The first-order chi connectivity index (χ1) is 11.2. The molecule has 2 heterocycles. The molecular weight excluding hydrogens is 290 g/mol. The Labute approximate surface area is 139 Å². The maximum Gasteiger partial charge on any atom is 0.234 e. The molecule has 5 heteroatoms. The van der Waals surface area contributed by atoms with E-state index in [2.05, 4.69) is 22.5 Å². The number of likely N-dealkylation sites (tertiary alicyclic amines) is 1. The summed E-state index contributed by atoms with van der Waals surface area (Å²) < 4.78 is 6.23. The predicted molar refractivity (Wildman–Crippen MR) is 89.2 cm³/mol. The van der Waals surface area contributed by atoms with E-state index in [1.807, 2.05) is 0 Å². The Balaban J connectivity index is 1.19. The van der Waals surface area contributed by atoms with Crippen molar-refractivity contribution in [2.24, 2.45) is 5.92 Å². The minimum absolute atomic E-state index is 0.0811. The number of nitrogens with one attached hydrogen (secondary N) is 2. The molecule has 1 spiro atoms. The molecule has 1 unspecified atom stereocenters. The van der Waals surface area contributed by atoms with Gasteiger partial charge >= 0.3 is 0 Å². The van der Waals surface area contributed by atoms with E-state index in [0.717, 1.165) is 63.8 Å². The van der Waals surface area contributed by atoms with Crippen molar-refractivity contribution in [2.75, 3.05) is 26.2 Å². The first-order valence-corrected chi connectivity index (χ1v) is 9.57. The predicted octanol–water partition coefficient (Wildman–Crippen LogP) is 1.28. The number of amides is 1. The summed E-state index contributed by atoms with van der Waals surface area (Å²) in [7, 11) is 0. The van der Waals surface area contributed by atoms with Gasteiger partial charge < -0.3 is 15.4 Å². The molecule has 0 bridgehead atoms. The molecule has 4 fully saturated rings. The number of hydrogen-bond acceptors (Lipinski definition) is 4. The quantitative estimate of drug-likeness (QED) is 0.774. The zero-order chi connectivity index (χ0) is 15.9. The Bertz CT molecular complexity index is 444. The molecule has 1 amide bonds. The molecule has 0 aromatic rings. The van der Waals surface area contributed by atoms with Crippen LogP contribution >= 0.6 is 0 Å². The van der Waals surface area contributed by atoms with Gasteiger partial charge in [-0.1, -0.05) is 13.3 Å². The number of carbonyl (C=O) groups excluding carboxylic acids is 1. The van der Waals surface area contributed by atoms with Crippen molar-refractivity contribution in [3.63, 3.8) is 0 Å². The Morgan fingerprint density at radius 1 is 1.26 bits per heavy atom. The Morgan fingerprint density at radius 2 is 2.04 bits per heavy atom. The largest absolute Gasteiger partial charge is 0.373 e. The van der Waals surface area contributed by atoms with Crippen molar-refractivity contribution in [1.82, 2.24) is 15.5 Å². The van der Waals surface area contributed by atoms with Gasteiger partial charge in [0.15, 0.2) is 0 Å². The van der Waals surface area contributed by atoms with Gasteiger partial charge in [-0.05, 0) is 44.4 Å². The number of carbonyl (C=O) groups is 1. The zero-order valence-electron chi connectivity index (χ0n) is 14.4. The highest BCUT2D eigenvalue weighted by atomic mass is 16.5. The lowest BCUT2D eigenvalue weighted by Crippen LogP contribution is -2.48. The van der Waals surface area contributed by atoms with E-state index in [4.69, 9.17) is 4.74 Å². The summed E-state index contributed by atoms with van der Waals surface area (Å²) in [4.78, 5) is 14.2. The van der Waals surface area contributed by atoms with Gasteiger partial charge in [-0.3, -0.25) is 9.69 Å². The van der Waals surface area contributed by atoms with Crippen LogP contribution in [0.5, 0.6) is 0 Å². The summed E-state index contributed by atoms with van der Waals surface area (Å²) in [5, 5.41) is 6.88. The summed E-state index contributed by atoms with van der Waals surface area (Å²) in [5.41, 5.74) is 0.0811. The third kappa shape index (κ3) is 3.89. The second-order valence-corrected chi connectivity index (χ2v) is 8.19. The lowest BCUT2D eigenvalue weighted by Gasteiger charge is -2.38. The van der Waals surface area contributed by atoms with Crippen LogP contribution in [0.25, 0.3) is 0 Å². The van der Waals surface area contributed by atoms with Crippen molar-refractivity contribution in [2.45, 2.75) is 75.6 Å². The molecule has 23 heavy (non-hydrogen) atoms. The van der Waals surface area contributed by atoms with Crippen LogP contribution in [0.1, 0.15) is 51.9 Å². The average molecular weight is 321 g/mol. The van der Waals surface area contributed by atoms with Crippen LogP contribution in [0.3, 0.4) is 0 Å². The molecule has 2 saturated carbocycles. The van der Waals surface area contributed by atoms with Gasteiger partial charge in [0.2, 0.25) is 5.91 Å². The fraction of sp³-hybridized carbons (Fsp3) is 0.944. The topological polar surface area (TPSA) is 53.6 Å². The molecule has 0 radical (unpaired) electrons. The normalized spacial score (nSPS) is 36.3. The van der Waals surface area contributed by atoms with E-state index in [9.17, 15) is 4.79 Å². The van der Waals surface area contributed by atoms with Crippen molar-refractivity contribution >= 4 is 5.91 Å². The summed E-state index contributed by atoms with van der Waals surface area (Å²) in [6, 6.07) is 1.76. The molecule has 2 aliphatic carbocycles. The van der Waals surface area contributed by atoms with E-state index in [-0.39, 0.29) is 11.5 Å². The molecule has 4 rings (SSSR count). The molecule has 5 nitrogen and oxygen atoms in total. The first-order valence-electron chi connectivity index (χ1n) is 9.57. The van der Waals surface area contributed by atoms with Gasteiger partial charge in [-0.2, -0.15) is 0 Å². The van der Waals surface area contributed by atoms with E-state index in [1.54, 1.807) is 0 Å². The third-order valence-corrected chi connectivity index (χ3v) is 6.18. The number of nitrogens with zero attached hydrogens (tertiary/aromatic N) is 1. The van der Waals surface area contributed by atoms with Crippen LogP contribution in [0.15, 0.2) is 0 Å².